The van der Waals surface area contributed by atoms with Crippen molar-refractivity contribution in [2.75, 3.05) is 7.11 Å². The molecule has 0 saturated carbocycles. The Kier molecular flexibility index (Phi) is 4.63. The van der Waals surface area contributed by atoms with Crippen molar-refractivity contribution < 1.29 is 4.74 Å². The van der Waals surface area contributed by atoms with E-state index in [1.807, 2.05) is 53.9 Å². The number of imidazole rings is 1. The minimum atomic E-state index is -0.0334. The van der Waals surface area contributed by atoms with Crippen LogP contribution < -0.4 is 10.3 Å². The zero-order valence-electron chi connectivity index (χ0n) is 16.9. The SMILES string of the molecule is COc1ccc(Cn2c(C)cn3c(C4CCc5ccc(Cl)cc54)ncc3c2=O)cc1. The molecule has 5 rings (SSSR count). The van der Waals surface area contributed by atoms with E-state index in [1.54, 1.807) is 17.9 Å². The molecule has 1 atom stereocenters. The molecule has 1 unspecified atom stereocenters. The number of benzene rings is 2. The van der Waals surface area contributed by atoms with Gasteiger partial charge >= 0.3 is 0 Å². The van der Waals surface area contributed by atoms with Crippen molar-refractivity contribution in [2.45, 2.75) is 32.2 Å². The Bertz CT molecular complexity index is 1300. The smallest absolute Gasteiger partial charge is 0.276 e. The average Bonchev–Trinajstić information content (AvgIpc) is 3.35. The van der Waals surface area contributed by atoms with Gasteiger partial charge < -0.3 is 9.30 Å². The van der Waals surface area contributed by atoms with Crippen LogP contribution in [-0.4, -0.2) is 21.1 Å². The van der Waals surface area contributed by atoms with Crippen LogP contribution in [0.15, 0.2) is 59.7 Å². The van der Waals surface area contributed by atoms with E-state index < -0.39 is 0 Å². The van der Waals surface area contributed by atoms with Gasteiger partial charge in [-0.1, -0.05) is 29.8 Å². The molecule has 6 heteroatoms. The highest BCUT2D eigenvalue weighted by molar-refractivity contribution is 6.30. The molecule has 4 aromatic rings. The molecule has 2 heterocycles. The Balaban J connectivity index is 1.56. The third kappa shape index (κ3) is 3.10. The molecular formula is C24H22ClN3O2. The van der Waals surface area contributed by atoms with Crippen molar-refractivity contribution in [2.24, 2.45) is 0 Å². The van der Waals surface area contributed by atoms with Gasteiger partial charge in [-0.3, -0.25) is 9.20 Å². The summed E-state index contributed by atoms with van der Waals surface area (Å²) < 4.78 is 8.97. The third-order valence-electron chi connectivity index (χ3n) is 6.03. The van der Waals surface area contributed by atoms with Crippen LogP contribution in [0.3, 0.4) is 0 Å². The first-order chi connectivity index (χ1) is 14.5. The number of nitrogens with zero attached hydrogens (tertiary/aromatic N) is 3. The average molecular weight is 420 g/mol. The summed E-state index contributed by atoms with van der Waals surface area (Å²) in [4.78, 5) is 17.9. The molecule has 2 aromatic carbocycles. The molecule has 0 spiro atoms. The number of ether oxygens (including phenoxy) is 1. The summed E-state index contributed by atoms with van der Waals surface area (Å²) in [7, 11) is 1.64. The molecule has 0 aliphatic heterocycles. The van der Waals surface area contributed by atoms with Crippen LogP contribution >= 0.6 is 11.6 Å². The van der Waals surface area contributed by atoms with E-state index in [0.717, 1.165) is 40.7 Å². The van der Waals surface area contributed by atoms with Crippen LogP contribution in [0, 0.1) is 6.92 Å². The van der Waals surface area contributed by atoms with Gasteiger partial charge in [0, 0.05) is 22.8 Å². The molecule has 1 aliphatic carbocycles. The quantitative estimate of drug-likeness (QED) is 0.486. The molecule has 152 valence electrons. The number of methoxy groups -OCH3 is 1. The highest BCUT2D eigenvalue weighted by atomic mass is 35.5. The van der Waals surface area contributed by atoms with Crippen LogP contribution in [0.1, 0.15) is 40.5 Å². The minimum Gasteiger partial charge on any atom is -0.497 e. The number of aryl methyl sites for hydroxylation is 2. The first kappa shape index (κ1) is 18.9. The van der Waals surface area contributed by atoms with Gasteiger partial charge in [-0.25, -0.2) is 4.98 Å². The van der Waals surface area contributed by atoms with Crippen LogP contribution in [-0.2, 0) is 13.0 Å². The fraction of sp³-hybridized carbons (Fsp3) is 0.250. The second-order valence-corrected chi connectivity index (χ2v) is 8.25. The van der Waals surface area contributed by atoms with Crippen molar-refractivity contribution in [1.29, 1.82) is 0 Å². The highest BCUT2D eigenvalue weighted by Crippen LogP contribution is 2.38. The second kappa shape index (κ2) is 7.33. The maximum Gasteiger partial charge on any atom is 0.276 e. The molecule has 2 aromatic heterocycles. The summed E-state index contributed by atoms with van der Waals surface area (Å²) in [6, 6.07) is 13.9. The molecule has 0 radical (unpaired) electrons. The van der Waals surface area contributed by atoms with E-state index in [4.69, 9.17) is 16.3 Å². The molecule has 0 bridgehead atoms. The number of fused-ring (bicyclic) bond motifs is 2. The standard InChI is InChI=1S/C24H22ClN3O2/c1-15-13-28-22(24(29)27(15)14-16-3-8-19(30-2)9-4-16)12-26-23(28)20-10-6-17-5-7-18(25)11-21(17)20/h3-5,7-9,11-13,20H,6,10,14H2,1-2H3. The Morgan fingerprint density at radius 1 is 1.20 bits per heavy atom. The van der Waals surface area contributed by atoms with Gasteiger partial charge in [0.15, 0.2) is 0 Å². The molecule has 0 amide bonds. The first-order valence-corrected chi connectivity index (χ1v) is 10.4. The lowest BCUT2D eigenvalue weighted by atomic mass is 10.0. The maximum atomic E-state index is 13.3. The van der Waals surface area contributed by atoms with E-state index in [2.05, 4.69) is 11.1 Å². The minimum absolute atomic E-state index is 0.0334. The lowest BCUT2D eigenvalue weighted by Crippen LogP contribution is -2.25. The van der Waals surface area contributed by atoms with E-state index in [-0.39, 0.29) is 11.5 Å². The summed E-state index contributed by atoms with van der Waals surface area (Å²) in [5, 5.41) is 0.736. The first-order valence-electron chi connectivity index (χ1n) is 10.0. The summed E-state index contributed by atoms with van der Waals surface area (Å²) in [5.74, 6) is 1.86. The Morgan fingerprint density at radius 2 is 2.00 bits per heavy atom. The van der Waals surface area contributed by atoms with Crippen LogP contribution in [0.25, 0.3) is 5.52 Å². The van der Waals surface area contributed by atoms with Gasteiger partial charge in [-0.15, -0.1) is 0 Å². The molecule has 30 heavy (non-hydrogen) atoms. The van der Waals surface area contributed by atoms with Gasteiger partial charge in [-0.05, 0) is 60.7 Å². The van der Waals surface area contributed by atoms with Crippen molar-refractivity contribution >= 4 is 17.1 Å². The van der Waals surface area contributed by atoms with Crippen molar-refractivity contribution in [1.82, 2.24) is 14.0 Å². The van der Waals surface area contributed by atoms with Gasteiger partial charge in [0.25, 0.3) is 5.56 Å². The predicted octanol–water partition coefficient (Wildman–Crippen LogP) is 4.59. The van der Waals surface area contributed by atoms with Crippen LogP contribution in [0.5, 0.6) is 5.75 Å². The Hall–Kier alpha value is -3.05. The fourth-order valence-corrected chi connectivity index (χ4v) is 4.61. The topological polar surface area (TPSA) is 48.5 Å². The molecule has 5 nitrogen and oxygen atoms in total. The van der Waals surface area contributed by atoms with E-state index in [0.29, 0.717) is 12.1 Å². The number of hydrogen-bond donors (Lipinski definition) is 0. The lowest BCUT2D eigenvalue weighted by Gasteiger charge is -2.15. The van der Waals surface area contributed by atoms with E-state index in [9.17, 15) is 4.79 Å². The van der Waals surface area contributed by atoms with Crippen molar-refractivity contribution in [3.05, 3.63) is 98.4 Å². The number of aromatic nitrogens is 3. The fourth-order valence-electron chi connectivity index (χ4n) is 4.43. The Labute approximate surface area is 179 Å². The summed E-state index contributed by atoms with van der Waals surface area (Å²) in [6.45, 7) is 2.47. The zero-order chi connectivity index (χ0) is 20.8. The maximum absolute atomic E-state index is 13.3. The van der Waals surface area contributed by atoms with Gasteiger partial charge in [0.05, 0.1) is 19.9 Å². The molecule has 0 N–H and O–H groups in total. The molecule has 0 fully saturated rings. The highest BCUT2D eigenvalue weighted by Gasteiger charge is 2.28. The van der Waals surface area contributed by atoms with Crippen molar-refractivity contribution in [3.63, 3.8) is 0 Å². The monoisotopic (exact) mass is 419 g/mol. The van der Waals surface area contributed by atoms with E-state index in [1.165, 1.54) is 11.1 Å². The predicted molar refractivity (Wildman–Crippen MR) is 118 cm³/mol. The number of rotatable bonds is 4. The Morgan fingerprint density at radius 3 is 2.77 bits per heavy atom. The third-order valence-corrected chi connectivity index (χ3v) is 6.26. The normalized spacial score (nSPS) is 15.5. The summed E-state index contributed by atoms with van der Waals surface area (Å²) in [5.41, 5.74) is 5.03. The largest absolute Gasteiger partial charge is 0.497 e. The lowest BCUT2D eigenvalue weighted by molar-refractivity contribution is 0.414. The molecule has 1 aliphatic rings. The molecule has 0 saturated heterocycles. The second-order valence-electron chi connectivity index (χ2n) is 7.82. The van der Waals surface area contributed by atoms with E-state index >= 15 is 0 Å². The zero-order valence-corrected chi connectivity index (χ0v) is 17.7. The molecular weight excluding hydrogens is 398 g/mol. The summed E-state index contributed by atoms with van der Waals surface area (Å²) >= 11 is 6.25. The van der Waals surface area contributed by atoms with Crippen molar-refractivity contribution in [3.8, 4) is 5.75 Å². The summed E-state index contributed by atoms with van der Waals surface area (Å²) in [6.07, 6.45) is 5.69. The van der Waals surface area contributed by atoms with Gasteiger partial charge in [0.1, 0.15) is 17.1 Å². The van der Waals surface area contributed by atoms with Gasteiger partial charge in [0.2, 0.25) is 0 Å². The van der Waals surface area contributed by atoms with Crippen LogP contribution in [0.2, 0.25) is 5.02 Å². The van der Waals surface area contributed by atoms with Crippen LogP contribution in [0.4, 0.5) is 0 Å². The number of halogens is 1. The number of hydrogen-bond acceptors (Lipinski definition) is 3. The van der Waals surface area contributed by atoms with Gasteiger partial charge in [-0.2, -0.15) is 0 Å².